The molecule has 0 saturated carbocycles. The van der Waals surface area contributed by atoms with Crippen molar-refractivity contribution in [3.05, 3.63) is 108 Å². The summed E-state index contributed by atoms with van der Waals surface area (Å²) < 4.78 is 6.26. The summed E-state index contributed by atoms with van der Waals surface area (Å²) in [6.45, 7) is 0. The molecule has 144 valence electrons. The summed E-state index contributed by atoms with van der Waals surface area (Å²) in [5, 5.41) is 0. The van der Waals surface area contributed by atoms with Crippen LogP contribution in [0.2, 0.25) is 0 Å². The molecule has 1 aliphatic rings. The van der Waals surface area contributed by atoms with Gasteiger partial charge < -0.3 is 16.2 Å². The molecule has 4 heteroatoms. The van der Waals surface area contributed by atoms with Crippen LogP contribution >= 0.6 is 0 Å². The van der Waals surface area contributed by atoms with Gasteiger partial charge in [0.25, 0.3) is 0 Å². The first kappa shape index (κ1) is 18.6. The number of ether oxygens (including phenoxy) is 1. The maximum atomic E-state index is 13.5. The quantitative estimate of drug-likeness (QED) is 0.486. The van der Waals surface area contributed by atoms with Gasteiger partial charge in [0.05, 0.1) is 0 Å². The zero-order valence-corrected chi connectivity index (χ0v) is 15.9. The molecule has 3 aromatic rings. The van der Waals surface area contributed by atoms with Gasteiger partial charge in [0.1, 0.15) is 5.75 Å². The van der Waals surface area contributed by atoms with Crippen molar-refractivity contribution in [3.63, 3.8) is 0 Å². The molecule has 3 aromatic carbocycles. The molecule has 0 saturated heterocycles. The fraction of sp³-hybridized carbons (Fsp3) is 0.0800. The summed E-state index contributed by atoms with van der Waals surface area (Å²) >= 11 is 0. The van der Waals surface area contributed by atoms with E-state index in [2.05, 4.69) is 0 Å². The molecule has 4 N–H and O–H groups in total. The van der Waals surface area contributed by atoms with E-state index in [1.807, 2.05) is 48.6 Å². The molecule has 0 aliphatic heterocycles. The minimum Gasteiger partial charge on any atom is -0.475 e. The average molecular weight is 382 g/mol. The summed E-state index contributed by atoms with van der Waals surface area (Å²) in [7, 11) is 0. The lowest BCUT2D eigenvalue weighted by Gasteiger charge is -2.32. The standard InChI is InChI=1S/C25H22N2O2/c26-21-9-4-8-20(16-21)24(28)25(29-23-11-5-10-22(27)17-23)14-12-19(13-15-25)18-6-2-1-3-7-18/h1-14,16-17H,15,26-27H2. The van der Waals surface area contributed by atoms with Crippen molar-refractivity contribution >= 4 is 22.7 Å². The maximum Gasteiger partial charge on any atom is 0.210 e. The number of ketones is 1. The Morgan fingerprint density at radius 1 is 0.862 bits per heavy atom. The number of hydrogen-bond acceptors (Lipinski definition) is 4. The number of nitrogen functional groups attached to an aromatic ring is 2. The number of carbonyl (C=O) groups is 1. The van der Waals surface area contributed by atoms with Crippen molar-refractivity contribution in [2.45, 2.75) is 12.0 Å². The number of hydrogen-bond donors (Lipinski definition) is 2. The molecule has 0 aromatic heterocycles. The Labute approximate surface area is 170 Å². The molecule has 0 spiro atoms. The van der Waals surface area contributed by atoms with E-state index in [0.717, 1.165) is 11.1 Å². The molecule has 0 fully saturated rings. The third-order valence-electron chi connectivity index (χ3n) is 4.96. The first-order valence-corrected chi connectivity index (χ1v) is 9.45. The van der Waals surface area contributed by atoms with E-state index in [0.29, 0.717) is 29.1 Å². The molecule has 29 heavy (non-hydrogen) atoms. The van der Waals surface area contributed by atoms with Crippen molar-refractivity contribution in [3.8, 4) is 5.75 Å². The van der Waals surface area contributed by atoms with Crippen LogP contribution in [0.25, 0.3) is 5.57 Å². The Morgan fingerprint density at radius 2 is 1.59 bits per heavy atom. The molecule has 4 rings (SSSR count). The van der Waals surface area contributed by atoms with Gasteiger partial charge >= 0.3 is 0 Å². The molecule has 0 bridgehead atoms. The average Bonchev–Trinajstić information content (AvgIpc) is 2.74. The highest BCUT2D eigenvalue weighted by atomic mass is 16.5. The normalized spacial score (nSPS) is 18.1. The van der Waals surface area contributed by atoms with Crippen LogP contribution in [0.1, 0.15) is 22.3 Å². The first-order chi connectivity index (χ1) is 14.1. The van der Waals surface area contributed by atoms with Gasteiger partial charge in [0.15, 0.2) is 5.60 Å². The van der Waals surface area contributed by atoms with E-state index in [1.165, 1.54) is 0 Å². The molecule has 4 nitrogen and oxygen atoms in total. The van der Waals surface area contributed by atoms with Gasteiger partial charge in [-0.1, -0.05) is 60.7 Å². The molecule has 0 amide bonds. The summed E-state index contributed by atoms with van der Waals surface area (Å²) in [4.78, 5) is 13.5. The van der Waals surface area contributed by atoms with E-state index >= 15 is 0 Å². The third kappa shape index (κ3) is 3.92. The second kappa shape index (κ2) is 7.68. The molecule has 1 atom stereocenters. The number of allylic oxidation sites excluding steroid dienone is 2. The van der Waals surface area contributed by atoms with Crippen LogP contribution in [-0.4, -0.2) is 11.4 Å². The minimum absolute atomic E-state index is 0.146. The number of nitrogens with two attached hydrogens (primary N) is 2. The van der Waals surface area contributed by atoms with E-state index in [9.17, 15) is 4.79 Å². The lowest BCUT2D eigenvalue weighted by Crippen LogP contribution is -2.43. The summed E-state index contributed by atoms with van der Waals surface area (Å²) in [5.74, 6) is 0.398. The zero-order valence-electron chi connectivity index (χ0n) is 15.9. The van der Waals surface area contributed by atoms with E-state index in [1.54, 1.807) is 48.5 Å². The van der Waals surface area contributed by atoms with Crippen LogP contribution in [0.4, 0.5) is 11.4 Å². The molecule has 0 radical (unpaired) electrons. The SMILES string of the molecule is Nc1cccc(OC2(C(=O)c3cccc(N)c3)C=CC(c3ccccc3)=CC2)c1. The molecule has 0 heterocycles. The molecular weight excluding hydrogens is 360 g/mol. The van der Waals surface area contributed by atoms with Crippen LogP contribution in [0.5, 0.6) is 5.75 Å². The van der Waals surface area contributed by atoms with Crippen LogP contribution in [0.15, 0.2) is 97.1 Å². The molecular formula is C25H22N2O2. The van der Waals surface area contributed by atoms with Crippen molar-refractivity contribution < 1.29 is 9.53 Å². The second-order valence-corrected chi connectivity index (χ2v) is 7.08. The number of rotatable bonds is 5. The van der Waals surface area contributed by atoms with Gasteiger partial charge in [-0.05, 0) is 41.5 Å². The Bertz CT molecular complexity index is 1100. The first-order valence-electron chi connectivity index (χ1n) is 9.45. The van der Waals surface area contributed by atoms with Gasteiger partial charge in [-0.2, -0.15) is 0 Å². The second-order valence-electron chi connectivity index (χ2n) is 7.08. The third-order valence-corrected chi connectivity index (χ3v) is 4.96. The largest absolute Gasteiger partial charge is 0.475 e. The van der Waals surface area contributed by atoms with Crippen molar-refractivity contribution in [1.82, 2.24) is 0 Å². The van der Waals surface area contributed by atoms with Crippen LogP contribution in [-0.2, 0) is 0 Å². The smallest absolute Gasteiger partial charge is 0.210 e. The van der Waals surface area contributed by atoms with E-state index in [4.69, 9.17) is 16.2 Å². The Morgan fingerprint density at radius 3 is 2.24 bits per heavy atom. The van der Waals surface area contributed by atoms with Crippen LogP contribution in [0, 0.1) is 0 Å². The monoisotopic (exact) mass is 382 g/mol. The fourth-order valence-corrected chi connectivity index (χ4v) is 3.47. The molecule has 1 aliphatic carbocycles. The highest BCUT2D eigenvalue weighted by Gasteiger charge is 2.40. The summed E-state index contributed by atoms with van der Waals surface area (Å²) in [6.07, 6.45) is 6.21. The summed E-state index contributed by atoms with van der Waals surface area (Å²) in [6, 6.07) is 24.1. The minimum atomic E-state index is -1.17. The number of anilines is 2. The Hall–Kier alpha value is -3.79. The number of benzene rings is 3. The Kier molecular flexibility index (Phi) is 4.92. The van der Waals surface area contributed by atoms with Crippen molar-refractivity contribution in [1.29, 1.82) is 0 Å². The predicted molar refractivity (Wildman–Crippen MR) is 118 cm³/mol. The van der Waals surface area contributed by atoms with E-state index < -0.39 is 5.60 Å². The zero-order chi connectivity index (χ0) is 20.3. The van der Waals surface area contributed by atoms with Crippen molar-refractivity contribution in [2.75, 3.05) is 11.5 Å². The highest BCUT2D eigenvalue weighted by molar-refractivity contribution is 6.05. The van der Waals surface area contributed by atoms with Crippen LogP contribution < -0.4 is 16.2 Å². The van der Waals surface area contributed by atoms with Gasteiger partial charge in [-0.15, -0.1) is 0 Å². The lowest BCUT2D eigenvalue weighted by atomic mass is 9.83. The van der Waals surface area contributed by atoms with Gasteiger partial charge in [0.2, 0.25) is 5.78 Å². The fourth-order valence-electron chi connectivity index (χ4n) is 3.47. The topological polar surface area (TPSA) is 78.3 Å². The predicted octanol–water partition coefficient (Wildman–Crippen LogP) is 4.90. The van der Waals surface area contributed by atoms with Gasteiger partial charge in [-0.25, -0.2) is 0 Å². The van der Waals surface area contributed by atoms with Gasteiger partial charge in [0, 0.05) is 29.4 Å². The van der Waals surface area contributed by atoms with Gasteiger partial charge in [-0.3, -0.25) is 4.79 Å². The highest BCUT2D eigenvalue weighted by Crippen LogP contribution is 2.34. The van der Waals surface area contributed by atoms with Crippen molar-refractivity contribution in [2.24, 2.45) is 0 Å². The lowest BCUT2D eigenvalue weighted by molar-refractivity contribution is 0.0623. The molecule has 1 unspecified atom stereocenters. The maximum absolute atomic E-state index is 13.5. The number of carbonyl (C=O) groups excluding carboxylic acids is 1. The van der Waals surface area contributed by atoms with E-state index in [-0.39, 0.29) is 5.78 Å². The Balaban J connectivity index is 1.72. The summed E-state index contributed by atoms with van der Waals surface area (Å²) in [5.41, 5.74) is 14.4. The van der Waals surface area contributed by atoms with Crippen LogP contribution in [0.3, 0.4) is 0 Å². The number of Topliss-reactive ketones (excluding diaryl/α,β-unsaturated/α-hetero) is 1.